The standard InChI is InChI=1S/C17H31NO4/c1-7-16(10-20-13(2)19)11-21-17(22-12-16)8-14(3,4)18-15(5,6)9-17/h18H,7-12H2,1-6H3. The summed E-state index contributed by atoms with van der Waals surface area (Å²) in [7, 11) is 0. The molecule has 0 aliphatic carbocycles. The topological polar surface area (TPSA) is 56.8 Å². The number of carbonyl (C=O) groups excluding carboxylic acids is 1. The van der Waals surface area contributed by atoms with Crippen molar-refractivity contribution in [1.29, 1.82) is 0 Å². The molecule has 2 fully saturated rings. The Kier molecular flexibility index (Phi) is 4.64. The predicted molar refractivity (Wildman–Crippen MR) is 84.5 cm³/mol. The van der Waals surface area contributed by atoms with E-state index in [4.69, 9.17) is 14.2 Å². The molecule has 0 radical (unpaired) electrons. The molecule has 1 N–H and O–H groups in total. The molecule has 5 heteroatoms. The molecule has 5 nitrogen and oxygen atoms in total. The first-order chi connectivity index (χ1) is 10.0. The van der Waals surface area contributed by atoms with Gasteiger partial charge in [0, 0.05) is 30.8 Å². The lowest BCUT2D eigenvalue weighted by molar-refractivity contribution is -0.332. The van der Waals surface area contributed by atoms with Gasteiger partial charge in [0.25, 0.3) is 0 Å². The summed E-state index contributed by atoms with van der Waals surface area (Å²) in [5.74, 6) is -0.787. The molecule has 0 atom stereocenters. The quantitative estimate of drug-likeness (QED) is 0.812. The van der Waals surface area contributed by atoms with Crippen LogP contribution in [0.3, 0.4) is 0 Å². The fourth-order valence-corrected chi connectivity index (χ4v) is 3.91. The Labute approximate surface area is 134 Å². The second kappa shape index (κ2) is 5.77. The van der Waals surface area contributed by atoms with Crippen molar-refractivity contribution < 1.29 is 19.0 Å². The zero-order valence-electron chi connectivity index (χ0n) is 14.9. The van der Waals surface area contributed by atoms with Crippen LogP contribution in [-0.2, 0) is 19.0 Å². The molecule has 0 bridgehead atoms. The monoisotopic (exact) mass is 313 g/mol. The minimum atomic E-state index is -0.535. The van der Waals surface area contributed by atoms with Crippen LogP contribution in [0.5, 0.6) is 0 Å². The van der Waals surface area contributed by atoms with Crippen LogP contribution in [0, 0.1) is 5.41 Å². The van der Waals surface area contributed by atoms with Crippen molar-refractivity contribution in [3.8, 4) is 0 Å². The van der Waals surface area contributed by atoms with Gasteiger partial charge < -0.3 is 19.5 Å². The third-order valence-corrected chi connectivity index (χ3v) is 4.71. The highest BCUT2D eigenvalue weighted by Gasteiger charge is 2.53. The van der Waals surface area contributed by atoms with E-state index in [-0.39, 0.29) is 22.5 Å². The highest BCUT2D eigenvalue weighted by molar-refractivity contribution is 5.65. The number of hydrogen-bond donors (Lipinski definition) is 1. The van der Waals surface area contributed by atoms with Gasteiger partial charge in [0.15, 0.2) is 5.79 Å². The predicted octanol–water partition coefficient (Wildman–Crippen LogP) is 2.63. The van der Waals surface area contributed by atoms with Gasteiger partial charge in [-0.15, -0.1) is 0 Å². The molecule has 2 saturated heterocycles. The number of carbonyl (C=O) groups is 1. The average Bonchev–Trinajstić information content (AvgIpc) is 2.35. The number of hydrogen-bond acceptors (Lipinski definition) is 5. The van der Waals surface area contributed by atoms with Gasteiger partial charge in [0.2, 0.25) is 0 Å². The molecule has 1 spiro atoms. The lowest BCUT2D eigenvalue weighted by atomic mass is 9.77. The molecular weight excluding hydrogens is 282 g/mol. The van der Waals surface area contributed by atoms with Crippen LogP contribution < -0.4 is 5.32 Å². The molecule has 0 saturated carbocycles. The third kappa shape index (κ3) is 4.00. The van der Waals surface area contributed by atoms with Crippen LogP contribution in [0.15, 0.2) is 0 Å². The SMILES string of the molecule is CCC1(COC(C)=O)COC2(CC(C)(C)NC(C)(C)C2)OC1. The smallest absolute Gasteiger partial charge is 0.302 e. The zero-order chi connectivity index (χ0) is 16.6. The first-order valence-corrected chi connectivity index (χ1v) is 8.22. The lowest BCUT2D eigenvalue weighted by Gasteiger charge is -2.55. The van der Waals surface area contributed by atoms with Gasteiger partial charge in [-0.25, -0.2) is 0 Å². The first kappa shape index (κ1) is 17.7. The van der Waals surface area contributed by atoms with E-state index in [2.05, 4.69) is 39.9 Å². The van der Waals surface area contributed by atoms with E-state index in [0.717, 1.165) is 19.3 Å². The van der Waals surface area contributed by atoms with E-state index in [0.29, 0.717) is 19.8 Å². The van der Waals surface area contributed by atoms with Gasteiger partial charge in [0.05, 0.1) is 18.6 Å². The van der Waals surface area contributed by atoms with Crippen LogP contribution in [-0.4, -0.2) is 42.7 Å². The summed E-state index contributed by atoms with van der Waals surface area (Å²) in [4.78, 5) is 11.1. The van der Waals surface area contributed by atoms with E-state index in [1.807, 2.05) is 0 Å². The van der Waals surface area contributed by atoms with Crippen LogP contribution in [0.4, 0.5) is 0 Å². The molecule has 22 heavy (non-hydrogen) atoms. The molecule has 2 aliphatic heterocycles. The van der Waals surface area contributed by atoms with E-state index in [1.165, 1.54) is 6.92 Å². The summed E-state index contributed by atoms with van der Waals surface area (Å²) in [5, 5.41) is 3.65. The largest absolute Gasteiger partial charge is 0.465 e. The van der Waals surface area contributed by atoms with Crippen molar-refractivity contribution >= 4 is 5.97 Å². The average molecular weight is 313 g/mol. The van der Waals surface area contributed by atoms with Crippen molar-refractivity contribution in [1.82, 2.24) is 5.32 Å². The number of nitrogens with one attached hydrogen (secondary N) is 1. The second-order valence-electron chi connectivity index (χ2n) is 8.37. The van der Waals surface area contributed by atoms with Gasteiger partial charge in [-0.05, 0) is 34.1 Å². The van der Waals surface area contributed by atoms with E-state index >= 15 is 0 Å². The number of esters is 1. The maximum atomic E-state index is 11.1. The normalized spacial score (nSPS) is 28.3. The molecular formula is C17H31NO4. The van der Waals surface area contributed by atoms with Crippen molar-refractivity contribution in [2.45, 2.75) is 77.7 Å². The molecule has 128 valence electrons. The molecule has 0 aromatic heterocycles. The number of rotatable bonds is 3. The summed E-state index contributed by atoms with van der Waals surface area (Å²) < 4.78 is 17.7. The highest BCUT2D eigenvalue weighted by Crippen LogP contribution is 2.44. The second-order valence-corrected chi connectivity index (χ2v) is 8.37. The minimum absolute atomic E-state index is 0.0378. The summed E-state index contributed by atoms with van der Waals surface area (Å²) in [6, 6.07) is 0. The highest BCUT2D eigenvalue weighted by atomic mass is 16.7. The summed E-state index contributed by atoms with van der Waals surface area (Å²) in [6.07, 6.45) is 2.50. The molecule has 2 aliphatic rings. The third-order valence-electron chi connectivity index (χ3n) is 4.71. The molecule has 0 aromatic rings. The summed E-state index contributed by atoms with van der Waals surface area (Å²) in [6.45, 7) is 13.8. The van der Waals surface area contributed by atoms with Crippen LogP contribution >= 0.6 is 0 Å². The lowest BCUT2D eigenvalue weighted by Crippen LogP contribution is -2.67. The van der Waals surface area contributed by atoms with Gasteiger partial charge in [-0.1, -0.05) is 6.92 Å². The van der Waals surface area contributed by atoms with Crippen molar-refractivity contribution in [3.63, 3.8) is 0 Å². The fourth-order valence-electron chi connectivity index (χ4n) is 3.91. The van der Waals surface area contributed by atoms with E-state index in [9.17, 15) is 4.79 Å². The molecule has 0 aromatic carbocycles. The Hall–Kier alpha value is -0.650. The van der Waals surface area contributed by atoms with Crippen LogP contribution in [0.1, 0.15) is 60.8 Å². The van der Waals surface area contributed by atoms with Crippen molar-refractivity contribution in [3.05, 3.63) is 0 Å². The molecule has 2 rings (SSSR count). The summed E-state index contributed by atoms with van der Waals surface area (Å²) in [5.41, 5.74) is -0.302. The van der Waals surface area contributed by atoms with Gasteiger partial charge >= 0.3 is 5.97 Å². The number of piperidine rings is 1. The maximum absolute atomic E-state index is 11.1. The zero-order valence-corrected chi connectivity index (χ0v) is 14.9. The number of ether oxygens (including phenoxy) is 3. The van der Waals surface area contributed by atoms with Crippen LogP contribution in [0.2, 0.25) is 0 Å². The molecule has 0 unspecified atom stereocenters. The van der Waals surface area contributed by atoms with E-state index in [1.54, 1.807) is 0 Å². The Morgan fingerprint density at radius 1 is 1.09 bits per heavy atom. The van der Waals surface area contributed by atoms with Gasteiger partial charge in [-0.3, -0.25) is 4.79 Å². The fraction of sp³-hybridized carbons (Fsp3) is 0.941. The van der Waals surface area contributed by atoms with Crippen molar-refractivity contribution in [2.24, 2.45) is 5.41 Å². The summed E-state index contributed by atoms with van der Waals surface area (Å²) >= 11 is 0. The van der Waals surface area contributed by atoms with Crippen molar-refractivity contribution in [2.75, 3.05) is 19.8 Å². The Morgan fingerprint density at radius 2 is 1.59 bits per heavy atom. The first-order valence-electron chi connectivity index (χ1n) is 8.22. The minimum Gasteiger partial charge on any atom is -0.465 e. The Bertz CT molecular complexity index is 404. The Morgan fingerprint density at radius 3 is 2.00 bits per heavy atom. The van der Waals surface area contributed by atoms with Gasteiger partial charge in [-0.2, -0.15) is 0 Å². The molecule has 0 amide bonds. The van der Waals surface area contributed by atoms with E-state index < -0.39 is 5.79 Å². The maximum Gasteiger partial charge on any atom is 0.302 e. The molecule has 2 heterocycles. The van der Waals surface area contributed by atoms with Gasteiger partial charge in [0.1, 0.15) is 6.61 Å². The Balaban J connectivity index is 2.07. The van der Waals surface area contributed by atoms with Crippen LogP contribution in [0.25, 0.3) is 0 Å².